The van der Waals surface area contributed by atoms with Crippen LogP contribution in [0.3, 0.4) is 0 Å². The summed E-state index contributed by atoms with van der Waals surface area (Å²) in [6, 6.07) is 8.26. The zero-order chi connectivity index (χ0) is 9.97. The van der Waals surface area contributed by atoms with Crippen LogP contribution in [0.4, 0.5) is 0 Å². The number of halogens is 1. The van der Waals surface area contributed by atoms with Gasteiger partial charge in [0.2, 0.25) is 0 Å². The Labute approximate surface area is 97.0 Å². The van der Waals surface area contributed by atoms with Crippen LogP contribution in [-0.2, 0) is 0 Å². The van der Waals surface area contributed by atoms with Crippen molar-refractivity contribution in [2.45, 2.75) is 35.5 Å². The minimum atomic E-state index is -0.112. The van der Waals surface area contributed by atoms with E-state index in [1.165, 1.54) is 4.90 Å². The fourth-order valence-corrected chi connectivity index (χ4v) is 3.59. The Morgan fingerprint density at radius 3 is 2.86 bits per heavy atom. The van der Waals surface area contributed by atoms with E-state index in [9.17, 15) is 5.11 Å². The molecule has 1 saturated carbocycles. The van der Waals surface area contributed by atoms with Gasteiger partial charge in [-0.3, -0.25) is 0 Å². The highest BCUT2D eigenvalue weighted by atomic mass is 79.9. The number of rotatable bonds is 2. The number of aliphatic hydroxyl groups excluding tert-OH is 1. The lowest BCUT2D eigenvalue weighted by Gasteiger charge is -2.13. The SMILES string of the molecule is O[C@@H]1CCC[C@H]1Sc1cccc(Br)c1. The molecule has 2 rings (SSSR count). The van der Waals surface area contributed by atoms with E-state index < -0.39 is 0 Å². The Morgan fingerprint density at radius 2 is 2.21 bits per heavy atom. The molecule has 14 heavy (non-hydrogen) atoms. The quantitative estimate of drug-likeness (QED) is 0.890. The maximum absolute atomic E-state index is 9.69. The van der Waals surface area contributed by atoms with Gasteiger partial charge in [-0.15, -0.1) is 11.8 Å². The van der Waals surface area contributed by atoms with Crippen molar-refractivity contribution in [3.63, 3.8) is 0 Å². The Balaban J connectivity index is 2.03. The highest BCUT2D eigenvalue weighted by Crippen LogP contribution is 2.35. The smallest absolute Gasteiger partial charge is 0.0662 e. The van der Waals surface area contributed by atoms with Gasteiger partial charge in [0.15, 0.2) is 0 Å². The fraction of sp³-hybridized carbons (Fsp3) is 0.455. The Bertz CT molecular complexity index is 316. The van der Waals surface area contributed by atoms with Crippen molar-refractivity contribution in [1.29, 1.82) is 0 Å². The van der Waals surface area contributed by atoms with Crippen LogP contribution in [0.2, 0.25) is 0 Å². The summed E-state index contributed by atoms with van der Waals surface area (Å²) in [5, 5.41) is 10.1. The second-order valence-corrected chi connectivity index (χ2v) is 5.84. The van der Waals surface area contributed by atoms with Crippen molar-refractivity contribution in [3.05, 3.63) is 28.7 Å². The monoisotopic (exact) mass is 272 g/mol. The third-order valence-electron chi connectivity index (χ3n) is 2.50. The summed E-state index contributed by atoms with van der Waals surface area (Å²) in [7, 11) is 0. The summed E-state index contributed by atoms with van der Waals surface area (Å²) in [5.41, 5.74) is 0. The Hall–Kier alpha value is 0.01000. The molecule has 0 amide bonds. The lowest BCUT2D eigenvalue weighted by atomic mass is 10.3. The van der Waals surface area contributed by atoms with Gasteiger partial charge in [0.25, 0.3) is 0 Å². The predicted octanol–water partition coefficient (Wildman–Crippen LogP) is 3.45. The van der Waals surface area contributed by atoms with Crippen LogP contribution in [0.1, 0.15) is 19.3 Å². The van der Waals surface area contributed by atoms with Gasteiger partial charge in [-0.25, -0.2) is 0 Å². The highest BCUT2D eigenvalue weighted by molar-refractivity contribution is 9.10. The largest absolute Gasteiger partial charge is 0.392 e. The zero-order valence-corrected chi connectivity index (χ0v) is 10.2. The minimum Gasteiger partial charge on any atom is -0.392 e. The molecule has 0 heterocycles. The van der Waals surface area contributed by atoms with Crippen molar-refractivity contribution in [3.8, 4) is 0 Å². The van der Waals surface area contributed by atoms with Gasteiger partial charge in [0.05, 0.1) is 6.10 Å². The third kappa shape index (κ3) is 2.53. The number of hydrogen-bond donors (Lipinski definition) is 1. The van der Waals surface area contributed by atoms with Crippen molar-refractivity contribution in [1.82, 2.24) is 0 Å². The van der Waals surface area contributed by atoms with Crippen LogP contribution in [0, 0.1) is 0 Å². The zero-order valence-electron chi connectivity index (χ0n) is 7.82. The molecule has 0 saturated heterocycles. The fourth-order valence-electron chi connectivity index (χ4n) is 1.76. The second-order valence-electron chi connectivity index (χ2n) is 3.61. The van der Waals surface area contributed by atoms with E-state index in [0.29, 0.717) is 5.25 Å². The molecule has 0 aromatic heterocycles. The van der Waals surface area contributed by atoms with Crippen LogP contribution in [-0.4, -0.2) is 16.5 Å². The van der Waals surface area contributed by atoms with Gasteiger partial charge in [0, 0.05) is 14.6 Å². The molecule has 1 N–H and O–H groups in total. The first kappa shape index (κ1) is 10.5. The van der Waals surface area contributed by atoms with Gasteiger partial charge < -0.3 is 5.11 Å². The van der Waals surface area contributed by atoms with Crippen molar-refractivity contribution in [2.75, 3.05) is 0 Å². The summed E-state index contributed by atoms with van der Waals surface area (Å²) in [6.45, 7) is 0. The highest BCUT2D eigenvalue weighted by Gasteiger charge is 2.25. The maximum Gasteiger partial charge on any atom is 0.0662 e. The first-order valence-corrected chi connectivity index (χ1v) is 6.53. The lowest BCUT2D eigenvalue weighted by Crippen LogP contribution is -2.14. The van der Waals surface area contributed by atoms with Crippen molar-refractivity contribution in [2.24, 2.45) is 0 Å². The number of aliphatic hydroxyl groups is 1. The van der Waals surface area contributed by atoms with Crippen LogP contribution in [0.5, 0.6) is 0 Å². The first-order valence-electron chi connectivity index (χ1n) is 4.86. The average molecular weight is 273 g/mol. The van der Waals surface area contributed by atoms with E-state index in [1.807, 2.05) is 12.1 Å². The lowest BCUT2D eigenvalue weighted by molar-refractivity contribution is 0.188. The minimum absolute atomic E-state index is 0.112. The van der Waals surface area contributed by atoms with Crippen LogP contribution in [0.25, 0.3) is 0 Å². The van der Waals surface area contributed by atoms with Gasteiger partial charge in [-0.05, 0) is 37.5 Å². The van der Waals surface area contributed by atoms with E-state index in [1.54, 1.807) is 11.8 Å². The second kappa shape index (κ2) is 4.69. The average Bonchev–Trinajstić information content (AvgIpc) is 2.52. The third-order valence-corrected chi connectivity index (χ3v) is 4.37. The Kier molecular flexibility index (Phi) is 3.52. The Morgan fingerprint density at radius 1 is 1.36 bits per heavy atom. The normalized spacial score (nSPS) is 26.7. The van der Waals surface area contributed by atoms with Gasteiger partial charge >= 0.3 is 0 Å². The summed E-state index contributed by atoms with van der Waals surface area (Å²) in [5.74, 6) is 0. The molecular formula is C11H13BrOS. The molecule has 1 fully saturated rings. The van der Waals surface area contributed by atoms with Gasteiger partial charge in [-0.1, -0.05) is 22.0 Å². The standard InChI is InChI=1S/C11H13BrOS/c12-8-3-1-4-9(7-8)14-11-6-2-5-10(11)13/h1,3-4,7,10-11,13H,2,5-6H2/t10-,11-/m1/s1. The molecule has 1 aliphatic carbocycles. The molecule has 3 heteroatoms. The van der Waals surface area contributed by atoms with E-state index >= 15 is 0 Å². The summed E-state index contributed by atoms with van der Waals surface area (Å²) >= 11 is 5.24. The molecule has 0 bridgehead atoms. The van der Waals surface area contributed by atoms with E-state index in [2.05, 4.69) is 28.1 Å². The molecule has 0 spiro atoms. The molecule has 0 aliphatic heterocycles. The molecule has 1 nitrogen and oxygen atoms in total. The molecule has 1 aromatic rings. The van der Waals surface area contributed by atoms with Crippen LogP contribution in [0.15, 0.2) is 33.6 Å². The molecule has 0 radical (unpaired) electrons. The number of thioether (sulfide) groups is 1. The van der Waals surface area contributed by atoms with Crippen LogP contribution < -0.4 is 0 Å². The maximum atomic E-state index is 9.69. The van der Waals surface area contributed by atoms with Gasteiger partial charge in [0.1, 0.15) is 0 Å². The van der Waals surface area contributed by atoms with Crippen molar-refractivity contribution >= 4 is 27.7 Å². The van der Waals surface area contributed by atoms with Gasteiger partial charge in [-0.2, -0.15) is 0 Å². The topological polar surface area (TPSA) is 20.2 Å². The number of benzene rings is 1. The molecule has 76 valence electrons. The summed E-state index contributed by atoms with van der Waals surface area (Å²) in [4.78, 5) is 1.24. The molecule has 1 aromatic carbocycles. The molecule has 0 unspecified atom stereocenters. The van der Waals surface area contributed by atoms with Crippen LogP contribution >= 0.6 is 27.7 Å². The first-order chi connectivity index (χ1) is 6.75. The molecule has 1 aliphatic rings. The predicted molar refractivity (Wildman–Crippen MR) is 63.6 cm³/mol. The van der Waals surface area contributed by atoms with E-state index in [4.69, 9.17) is 0 Å². The number of hydrogen-bond acceptors (Lipinski definition) is 2. The van der Waals surface area contributed by atoms with Crippen molar-refractivity contribution < 1.29 is 5.11 Å². The van der Waals surface area contributed by atoms with E-state index in [-0.39, 0.29) is 6.10 Å². The molecule has 2 atom stereocenters. The molecular weight excluding hydrogens is 260 g/mol. The summed E-state index contributed by atoms with van der Waals surface area (Å²) in [6.07, 6.45) is 3.15. The van der Waals surface area contributed by atoms with E-state index in [0.717, 1.165) is 23.7 Å². The summed E-state index contributed by atoms with van der Waals surface area (Å²) < 4.78 is 1.11.